The van der Waals surface area contributed by atoms with E-state index in [1.165, 1.54) is 59.1 Å². The number of hydrogen-bond donors (Lipinski definition) is 0. The summed E-state index contributed by atoms with van der Waals surface area (Å²) in [5.41, 5.74) is 9.75. The van der Waals surface area contributed by atoms with Crippen molar-refractivity contribution in [1.82, 2.24) is 4.98 Å². The van der Waals surface area contributed by atoms with Gasteiger partial charge in [-0.2, -0.15) is 0 Å². The number of benzene rings is 5. The van der Waals surface area contributed by atoms with Crippen molar-refractivity contribution in [1.29, 1.82) is 0 Å². The molecule has 0 saturated carbocycles. The topological polar surface area (TPSA) is 12.9 Å². The van der Waals surface area contributed by atoms with Gasteiger partial charge in [-0.25, -0.2) is 0 Å². The van der Waals surface area contributed by atoms with Crippen molar-refractivity contribution in [3.05, 3.63) is 140 Å². The maximum absolute atomic E-state index is 4.29. The van der Waals surface area contributed by atoms with Crippen LogP contribution in [0.4, 0.5) is 0 Å². The molecule has 0 fully saturated rings. The molecule has 0 aliphatic carbocycles. The Labute approximate surface area is 220 Å². The highest BCUT2D eigenvalue weighted by molar-refractivity contribution is 7.25. The Hall–Kier alpha value is -4.53. The molecule has 2 heterocycles. The van der Waals surface area contributed by atoms with Gasteiger partial charge in [0.15, 0.2) is 0 Å². The van der Waals surface area contributed by atoms with Crippen LogP contribution in [0.3, 0.4) is 0 Å². The van der Waals surface area contributed by atoms with Gasteiger partial charge in [0.05, 0.1) is 0 Å². The molecule has 0 N–H and O–H groups in total. The van der Waals surface area contributed by atoms with Crippen molar-refractivity contribution in [2.45, 2.75) is 0 Å². The van der Waals surface area contributed by atoms with Crippen LogP contribution in [-0.2, 0) is 0 Å². The van der Waals surface area contributed by atoms with Crippen LogP contribution in [0.25, 0.3) is 64.7 Å². The minimum Gasteiger partial charge on any atom is -0.265 e. The standard InChI is InChI=1S/C35H23NS/c1-3-9-24(10-4-1)28-16-17-29(25-19-21-36-22-20-25)35(34(28)26-11-5-2-6-12-26)27-15-18-33-31(23-27)30-13-7-8-14-32(30)37-33/h1-23H. The Morgan fingerprint density at radius 3 is 1.70 bits per heavy atom. The SMILES string of the molecule is c1ccc(-c2ccc(-c3ccncc3)c(-c3ccc4sc5ccccc5c4c3)c2-c2ccccc2)cc1. The number of nitrogens with zero attached hydrogens (tertiary/aromatic N) is 1. The summed E-state index contributed by atoms with van der Waals surface area (Å²) in [5.74, 6) is 0. The summed E-state index contributed by atoms with van der Waals surface area (Å²) in [6.45, 7) is 0. The first-order chi connectivity index (χ1) is 18.4. The quantitative estimate of drug-likeness (QED) is 0.240. The molecule has 0 atom stereocenters. The van der Waals surface area contributed by atoms with E-state index in [1.54, 1.807) is 0 Å². The molecule has 0 aliphatic heterocycles. The molecule has 7 aromatic rings. The van der Waals surface area contributed by atoms with Gasteiger partial charge in [-0.1, -0.05) is 97.1 Å². The lowest BCUT2D eigenvalue weighted by atomic mass is 9.83. The van der Waals surface area contributed by atoms with Gasteiger partial charge in [0.25, 0.3) is 0 Å². The van der Waals surface area contributed by atoms with Crippen molar-refractivity contribution < 1.29 is 0 Å². The molecule has 0 bridgehead atoms. The maximum Gasteiger partial charge on any atom is 0.0355 e. The molecule has 174 valence electrons. The second-order valence-electron chi connectivity index (χ2n) is 9.19. The number of thiophene rings is 1. The Balaban J connectivity index is 1.61. The molecule has 0 radical (unpaired) electrons. The van der Waals surface area contributed by atoms with E-state index in [2.05, 4.69) is 132 Å². The van der Waals surface area contributed by atoms with Crippen LogP contribution in [0.2, 0.25) is 0 Å². The zero-order valence-electron chi connectivity index (χ0n) is 20.1. The average molecular weight is 490 g/mol. The van der Waals surface area contributed by atoms with Crippen LogP contribution in [0.5, 0.6) is 0 Å². The van der Waals surface area contributed by atoms with E-state index < -0.39 is 0 Å². The molecule has 5 aromatic carbocycles. The first kappa shape index (κ1) is 21.7. The molecule has 37 heavy (non-hydrogen) atoms. The molecule has 2 heteroatoms. The number of rotatable bonds is 4. The molecular formula is C35H23NS. The fourth-order valence-corrected chi connectivity index (χ4v) is 6.41. The minimum atomic E-state index is 1.16. The highest BCUT2D eigenvalue weighted by atomic mass is 32.1. The predicted molar refractivity (Wildman–Crippen MR) is 159 cm³/mol. The van der Waals surface area contributed by atoms with Gasteiger partial charge in [0.1, 0.15) is 0 Å². The van der Waals surface area contributed by atoms with Crippen LogP contribution in [0, 0.1) is 0 Å². The zero-order chi connectivity index (χ0) is 24.6. The van der Waals surface area contributed by atoms with E-state index in [1.807, 2.05) is 23.7 Å². The van der Waals surface area contributed by atoms with E-state index in [9.17, 15) is 0 Å². The molecular weight excluding hydrogens is 466 g/mol. The van der Waals surface area contributed by atoms with Gasteiger partial charge in [-0.05, 0) is 74.8 Å². The molecule has 0 unspecified atom stereocenters. The molecule has 0 spiro atoms. The monoisotopic (exact) mass is 489 g/mol. The van der Waals surface area contributed by atoms with E-state index >= 15 is 0 Å². The first-order valence-corrected chi connectivity index (χ1v) is 13.3. The van der Waals surface area contributed by atoms with E-state index in [0.717, 1.165) is 5.56 Å². The highest BCUT2D eigenvalue weighted by Crippen LogP contribution is 2.47. The summed E-state index contributed by atoms with van der Waals surface area (Å²) in [6.07, 6.45) is 3.75. The van der Waals surface area contributed by atoms with Crippen LogP contribution in [0.1, 0.15) is 0 Å². The summed E-state index contributed by atoms with van der Waals surface area (Å²) in [6, 6.07) is 45.9. The van der Waals surface area contributed by atoms with Gasteiger partial charge in [-0.3, -0.25) is 4.98 Å². The second-order valence-corrected chi connectivity index (χ2v) is 10.3. The van der Waals surface area contributed by atoms with Crippen LogP contribution in [-0.4, -0.2) is 4.98 Å². The smallest absolute Gasteiger partial charge is 0.0355 e. The van der Waals surface area contributed by atoms with E-state index in [-0.39, 0.29) is 0 Å². The summed E-state index contributed by atoms with van der Waals surface area (Å²) in [5, 5.41) is 2.62. The molecule has 7 rings (SSSR count). The predicted octanol–water partition coefficient (Wildman–Crippen LogP) is 10.1. The van der Waals surface area contributed by atoms with E-state index in [0.29, 0.717) is 0 Å². The number of aromatic nitrogens is 1. The fourth-order valence-electron chi connectivity index (χ4n) is 5.32. The van der Waals surface area contributed by atoms with Crippen LogP contribution in [0.15, 0.2) is 140 Å². The molecule has 1 nitrogen and oxygen atoms in total. The van der Waals surface area contributed by atoms with Crippen molar-refractivity contribution in [2.75, 3.05) is 0 Å². The molecule has 0 saturated heterocycles. The summed E-state index contributed by atoms with van der Waals surface area (Å²) in [7, 11) is 0. The van der Waals surface area contributed by atoms with Crippen molar-refractivity contribution >= 4 is 31.5 Å². The van der Waals surface area contributed by atoms with Crippen molar-refractivity contribution in [3.8, 4) is 44.5 Å². The third kappa shape index (κ3) is 3.83. The van der Waals surface area contributed by atoms with Gasteiger partial charge in [0, 0.05) is 32.6 Å². The number of pyridine rings is 1. The first-order valence-electron chi connectivity index (χ1n) is 12.5. The summed E-state index contributed by atoms with van der Waals surface area (Å²) in [4.78, 5) is 4.29. The summed E-state index contributed by atoms with van der Waals surface area (Å²) >= 11 is 1.86. The van der Waals surface area contributed by atoms with Crippen molar-refractivity contribution in [2.24, 2.45) is 0 Å². The maximum atomic E-state index is 4.29. The van der Waals surface area contributed by atoms with Crippen LogP contribution >= 0.6 is 11.3 Å². The highest BCUT2D eigenvalue weighted by Gasteiger charge is 2.20. The van der Waals surface area contributed by atoms with Gasteiger partial charge in [-0.15, -0.1) is 11.3 Å². The number of fused-ring (bicyclic) bond motifs is 3. The average Bonchev–Trinajstić information content (AvgIpc) is 3.36. The molecule has 2 aromatic heterocycles. The Morgan fingerprint density at radius 2 is 0.973 bits per heavy atom. The van der Waals surface area contributed by atoms with Gasteiger partial charge < -0.3 is 0 Å². The van der Waals surface area contributed by atoms with Crippen LogP contribution < -0.4 is 0 Å². The second kappa shape index (κ2) is 9.16. The Morgan fingerprint density at radius 1 is 0.405 bits per heavy atom. The molecule has 0 aliphatic rings. The zero-order valence-corrected chi connectivity index (χ0v) is 21.0. The van der Waals surface area contributed by atoms with E-state index in [4.69, 9.17) is 0 Å². The number of hydrogen-bond acceptors (Lipinski definition) is 2. The third-order valence-electron chi connectivity index (χ3n) is 7.01. The lowest BCUT2D eigenvalue weighted by molar-refractivity contribution is 1.33. The lowest BCUT2D eigenvalue weighted by Crippen LogP contribution is -1.94. The molecule has 0 amide bonds. The Kier molecular flexibility index (Phi) is 5.38. The summed E-state index contributed by atoms with van der Waals surface area (Å²) < 4.78 is 2.64. The van der Waals surface area contributed by atoms with Gasteiger partial charge in [0.2, 0.25) is 0 Å². The Bertz CT molecular complexity index is 1850. The lowest BCUT2D eigenvalue weighted by Gasteiger charge is -2.21. The largest absolute Gasteiger partial charge is 0.265 e. The third-order valence-corrected chi connectivity index (χ3v) is 8.16. The minimum absolute atomic E-state index is 1.16. The normalized spacial score (nSPS) is 11.2. The van der Waals surface area contributed by atoms with Crippen molar-refractivity contribution in [3.63, 3.8) is 0 Å². The van der Waals surface area contributed by atoms with Gasteiger partial charge >= 0.3 is 0 Å². The fraction of sp³-hybridized carbons (Fsp3) is 0.